The Bertz CT molecular complexity index is 341. The van der Waals surface area contributed by atoms with E-state index in [1.165, 1.54) is 0 Å². The van der Waals surface area contributed by atoms with Gasteiger partial charge in [0.05, 0.1) is 6.61 Å². The summed E-state index contributed by atoms with van der Waals surface area (Å²) in [6.45, 7) is 2.75. The van der Waals surface area contributed by atoms with Gasteiger partial charge < -0.3 is 9.47 Å². The number of rotatable bonds is 4. The second-order valence-corrected chi connectivity index (χ2v) is 3.70. The monoisotopic (exact) mass is 206 g/mol. The van der Waals surface area contributed by atoms with Gasteiger partial charge in [0.15, 0.2) is 5.60 Å². The molecule has 0 bridgehead atoms. The van der Waals surface area contributed by atoms with Crippen molar-refractivity contribution in [3.8, 4) is 0 Å². The van der Waals surface area contributed by atoms with Crippen LogP contribution in [0.25, 0.3) is 0 Å². The lowest BCUT2D eigenvalue weighted by atomic mass is 10.1. The molecule has 2 rings (SSSR count). The number of carbonyl (C=O) groups is 1. The lowest BCUT2D eigenvalue weighted by Crippen LogP contribution is -2.25. The van der Waals surface area contributed by atoms with Crippen molar-refractivity contribution >= 4 is 5.97 Å². The van der Waals surface area contributed by atoms with Gasteiger partial charge in [0.2, 0.25) is 0 Å². The second-order valence-electron chi connectivity index (χ2n) is 3.70. The van der Waals surface area contributed by atoms with Crippen molar-refractivity contribution in [2.75, 3.05) is 6.61 Å². The van der Waals surface area contributed by atoms with Crippen LogP contribution in [0.5, 0.6) is 0 Å². The van der Waals surface area contributed by atoms with Crippen LogP contribution in [0.1, 0.15) is 18.9 Å². The van der Waals surface area contributed by atoms with Gasteiger partial charge in [-0.25, -0.2) is 4.79 Å². The molecule has 1 aromatic carbocycles. The number of hydrogen-bond donors (Lipinski definition) is 0. The summed E-state index contributed by atoms with van der Waals surface area (Å²) >= 11 is 0. The van der Waals surface area contributed by atoms with Gasteiger partial charge in [0, 0.05) is 0 Å². The molecule has 1 heterocycles. The first-order chi connectivity index (χ1) is 7.27. The van der Waals surface area contributed by atoms with Crippen molar-refractivity contribution < 1.29 is 14.3 Å². The number of epoxide rings is 1. The van der Waals surface area contributed by atoms with E-state index in [0.717, 1.165) is 5.56 Å². The van der Waals surface area contributed by atoms with E-state index in [4.69, 9.17) is 9.47 Å². The highest BCUT2D eigenvalue weighted by molar-refractivity contribution is 5.82. The minimum absolute atomic E-state index is 0.242. The predicted octanol–water partition coefficient (Wildman–Crippen LogP) is 1.91. The molecular weight excluding hydrogens is 192 g/mol. The van der Waals surface area contributed by atoms with Crippen LogP contribution in [0.4, 0.5) is 0 Å². The first kappa shape index (κ1) is 10.2. The molecule has 1 unspecified atom stereocenters. The van der Waals surface area contributed by atoms with Crippen LogP contribution in [0.2, 0.25) is 0 Å². The SMILES string of the molecule is CCC1(C(=O)OCc2ccccc2)CO1. The van der Waals surface area contributed by atoms with E-state index in [1.807, 2.05) is 37.3 Å². The molecule has 0 N–H and O–H groups in total. The van der Waals surface area contributed by atoms with Crippen LogP contribution < -0.4 is 0 Å². The van der Waals surface area contributed by atoms with Crippen LogP contribution in [0.15, 0.2) is 30.3 Å². The Kier molecular flexibility index (Phi) is 2.73. The minimum Gasteiger partial charge on any atom is -0.459 e. The maximum Gasteiger partial charge on any atom is 0.341 e. The largest absolute Gasteiger partial charge is 0.459 e. The molecule has 3 heteroatoms. The van der Waals surface area contributed by atoms with Gasteiger partial charge in [0.25, 0.3) is 0 Å². The number of esters is 1. The molecule has 0 aromatic heterocycles. The maximum atomic E-state index is 11.6. The molecule has 0 radical (unpaired) electrons. The van der Waals surface area contributed by atoms with E-state index in [1.54, 1.807) is 0 Å². The van der Waals surface area contributed by atoms with Crippen LogP contribution in [-0.2, 0) is 20.9 Å². The molecule has 1 saturated heterocycles. The van der Waals surface area contributed by atoms with Crippen molar-refractivity contribution in [3.05, 3.63) is 35.9 Å². The van der Waals surface area contributed by atoms with Crippen LogP contribution >= 0.6 is 0 Å². The van der Waals surface area contributed by atoms with Crippen molar-refractivity contribution in [2.24, 2.45) is 0 Å². The van der Waals surface area contributed by atoms with Crippen molar-refractivity contribution in [1.82, 2.24) is 0 Å². The molecule has 1 aromatic rings. The average Bonchev–Trinajstić information content (AvgIpc) is 3.08. The third-order valence-corrected chi connectivity index (χ3v) is 2.65. The van der Waals surface area contributed by atoms with E-state index in [-0.39, 0.29) is 5.97 Å². The lowest BCUT2D eigenvalue weighted by molar-refractivity contribution is -0.151. The Balaban J connectivity index is 1.86. The van der Waals surface area contributed by atoms with Crippen LogP contribution in [-0.4, -0.2) is 18.2 Å². The summed E-state index contributed by atoms with van der Waals surface area (Å²) < 4.78 is 10.3. The molecule has 1 aliphatic rings. The van der Waals surface area contributed by atoms with Crippen LogP contribution in [0, 0.1) is 0 Å². The molecule has 0 saturated carbocycles. The van der Waals surface area contributed by atoms with Crippen molar-refractivity contribution in [2.45, 2.75) is 25.6 Å². The molecule has 1 aliphatic heterocycles. The Labute approximate surface area is 89.0 Å². The van der Waals surface area contributed by atoms with Gasteiger partial charge in [-0.15, -0.1) is 0 Å². The summed E-state index contributed by atoms with van der Waals surface area (Å²) in [5.41, 5.74) is 0.368. The highest BCUT2D eigenvalue weighted by atomic mass is 16.6. The summed E-state index contributed by atoms with van der Waals surface area (Å²) in [5, 5.41) is 0. The molecule has 3 nitrogen and oxygen atoms in total. The van der Waals surface area contributed by atoms with Gasteiger partial charge in [-0.1, -0.05) is 37.3 Å². The first-order valence-electron chi connectivity index (χ1n) is 5.12. The minimum atomic E-state index is -0.630. The Morgan fingerprint density at radius 3 is 2.67 bits per heavy atom. The van der Waals surface area contributed by atoms with Gasteiger partial charge in [-0.2, -0.15) is 0 Å². The van der Waals surface area contributed by atoms with E-state index in [0.29, 0.717) is 19.6 Å². The summed E-state index contributed by atoms with van der Waals surface area (Å²) in [6.07, 6.45) is 0.681. The Morgan fingerprint density at radius 2 is 2.13 bits per heavy atom. The van der Waals surface area contributed by atoms with Gasteiger partial charge in [-0.3, -0.25) is 0 Å². The average molecular weight is 206 g/mol. The number of benzene rings is 1. The molecule has 1 fully saturated rings. The highest BCUT2D eigenvalue weighted by Crippen LogP contribution is 2.32. The smallest absolute Gasteiger partial charge is 0.341 e. The molecule has 1 atom stereocenters. The molecule has 15 heavy (non-hydrogen) atoms. The topological polar surface area (TPSA) is 38.8 Å². The number of ether oxygens (including phenoxy) is 2. The standard InChI is InChI=1S/C12H14O3/c1-2-12(9-15-12)11(13)14-8-10-6-4-3-5-7-10/h3-7H,2,8-9H2,1H3. The highest BCUT2D eigenvalue weighted by Gasteiger charge is 2.52. The van der Waals surface area contributed by atoms with E-state index >= 15 is 0 Å². The van der Waals surface area contributed by atoms with Crippen molar-refractivity contribution in [1.29, 1.82) is 0 Å². The van der Waals surface area contributed by atoms with E-state index in [2.05, 4.69) is 0 Å². The summed E-state index contributed by atoms with van der Waals surface area (Å²) in [6, 6.07) is 9.64. The third-order valence-electron chi connectivity index (χ3n) is 2.65. The zero-order valence-electron chi connectivity index (χ0n) is 8.73. The van der Waals surface area contributed by atoms with Crippen molar-refractivity contribution in [3.63, 3.8) is 0 Å². The maximum absolute atomic E-state index is 11.6. The Hall–Kier alpha value is -1.35. The molecule has 0 aliphatic carbocycles. The zero-order valence-corrected chi connectivity index (χ0v) is 8.73. The van der Waals surface area contributed by atoms with Gasteiger partial charge in [0.1, 0.15) is 6.61 Å². The summed E-state index contributed by atoms with van der Waals surface area (Å²) in [4.78, 5) is 11.6. The normalized spacial score (nSPS) is 23.5. The lowest BCUT2D eigenvalue weighted by Gasteiger charge is -2.09. The molecular formula is C12H14O3. The summed E-state index contributed by atoms with van der Waals surface area (Å²) in [7, 11) is 0. The Morgan fingerprint density at radius 1 is 1.47 bits per heavy atom. The quantitative estimate of drug-likeness (QED) is 0.558. The first-order valence-corrected chi connectivity index (χ1v) is 5.12. The van der Waals surface area contributed by atoms with E-state index < -0.39 is 5.60 Å². The summed E-state index contributed by atoms with van der Waals surface area (Å²) in [5.74, 6) is -0.242. The zero-order chi connectivity index (χ0) is 10.7. The molecule has 80 valence electrons. The predicted molar refractivity (Wildman–Crippen MR) is 55.2 cm³/mol. The third kappa shape index (κ3) is 2.18. The number of carbonyl (C=O) groups excluding carboxylic acids is 1. The van der Waals surface area contributed by atoms with E-state index in [9.17, 15) is 4.79 Å². The fourth-order valence-corrected chi connectivity index (χ4v) is 1.41. The fraction of sp³-hybridized carbons (Fsp3) is 0.417. The van der Waals surface area contributed by atoms with Gasteiger partial charge >= 0.3 is 5.97 Å². The van der Waals surface area contributed by atoms with Crippen LogP contribution in [0.3, 0.4) is 0 Å². The molecule has 0 amide bonds. The van der Waals surface area contributed by atoms with Gasteiger partial charge in [-0.05, 0) is 12.0 Å². The second kappa shape index (κ2) is 4.03. The number of hydrogen-bond acceptors (Lipinski definition) is 3. The molecule has 0 spiro atoms. The fourth-order valence-electron chi connectivity index (χ4n) is 1.41.